The molecule has 0 spiro atoms. The Morgan fingerprint density at radius 1 is 1.29 bits per heavy atom. The molecule has 4 heteroatoms. The minimum atomic E-state index is 0.0418. The number of fused-ring (bicyclic) bond motifs is 1. The highest BCUT2D eigenvalue weighted by atomic mass is 35.5. The molecule has 2 rings (SSSR count). The summed E-state index contributed by atoms with van der Waals surface area (Å²) in [4.78, 5) is 8.55. The SMILES string of the molecule is CC(C)(C)c1cn2cc(Cl)cnc2n1. The molecule has 0 saturated heterocycles. The fraction of sp³-hybridized carbons (Fsp3) is 0.400. The van der Waals surface area contributed by atoms with E-state index in [0.29, 0.717) is 10.8 Å². The fourth-order valence-electron chi connectivity index (χ4n) is 1.22. The molecule has 74 valence electrons. The summed E-state index contributed by atoms with van der Waals surface area (Å²) in [6.45, 7) is 6.36. The number of nitrogens with zero attached hydrogens (tertiary/aromatic N) is 3. The third-order valence-electron chi connectivity index (χ3n) is 2.05. The van der Waals surface area contributed by atoms with Crippen molar-refractivity contribution in [2.24, 2.45) is 0 Å². The Kier molecular flexibility index (Phi) is 2.00. The van der Waals surface area contributed by atoms with Crippen LogP contribution in [0.15, 0.2) is 18.6 Å². The van der Waals surface area contributed by atoms with Crippen LogP contribution in [0.5, 0.6) is 0 Å². The van der Waals surface area contributed by atoms with Crippen LogP contribution in [0.4, 0.5) is 0 Å². The van der Waals surface area contributed by atoms with Crippen molar-refractivity contribution in [1.82, 2.24) is 14.4 Å². The molecule has 2 aromatic rings. The molecule has 0 atom stereocenters. The lowest BCUT2D eigenvalue weighted by Gasteiger charge is -2.13. The standard InChI is InChI=1S/C10H12ClN3/c1-10(2,3)8-6-14-5-7(11)4-12-9(14)13-8/h4-6H,1-3H3. The zero-order valence-electron chi connectivity index (χ0n) is 8.45. The van der Waals surface area contributed by atoms with E-state index in [2.05, 4.69) is 30.7 Å². The van der Waals surface area contributed by atoms with Crippen LogP contribution in [0.2, 0.25) is 5.02 Å². The Hall–Kier alpha value is -1.09. The van der Waals surface area contributed by atoms with Gasteiger partial charge in [0, 0.05) is 17.8 Å². The number of imidazole rings is 1. The van der Waals surface area contributed by atoms with E-state index in [1.807, 2.05) is 16.8 Å². The van der Waals surface area contributed by atoms with Crippen molar-refractivity contribution in [3.63, 3.8) is 0 Å². The first-order chi connectivity index (χ1) is 6.47. The molecule has 0 aliphatic heterocycles. The van der Waals surface area contributed by atoms with Gasteiger partial charge in [-0.25, -0.2) is 9.97 Å². The number of halogens is 1. The summed E-state index contributed by atoms with van der Waals surface area (Å²) in [5.74, 6) is 0.694. The van der Waals surface area contributed by atoms with Gasteiger partial charge in [0.1, 0.15) is 0 Å². The van der Waals surface area contributed by atoms with E-state index in [4.69, 9.17) is 11.6 Å². The lowest BCUT2D eigenvalue weighted by molar-refractivity contribution is 0.573. The molecular formula is C10H12ClN3. The van der Waals surface area contributed by atoms with Crippen LogP contribution in [0, 0.1) is 0 Å². The first-order valence-corrected chi connectivity index (χ1v) is 4.85. The molecule has 0 aliphatic rings. The van der Waals surface area contributed by atoms with Gasteiger partial charge in [-0.1, -0.05) is 32.4 Å². The van der Waals surface area contributed by atoms with Crippen molar-refractivity contribution in [3.8, 4) is 0 Å². The van der Waals surface area contributed by atoms with Crippen LogP contribution in [0.1, 0.15) is 26.5 Å². The summed E-state index contributed by atoms with van der Waals surface area (Å²) in [7, 11) is 0. The summed E-state index contributed by atoms with van der Waals surface area (Å²) in [5.41, 5.74) is 1.06. The van der Waals surface area contributed by atoms with E-state index in [1.54, 1.807) is 6.20 Å². The van der Waals surface area contributed by atoms with Crippen LogP contribution in [-0.4, -0.2) is 14.4 Å². The van der Waals surface area contributed by atoms with Gasteiger partial charge in [0.15, 0.2) is 0 Å². The van der Waals surface area contributed by atoms with Gasteiger partial charge in [-0.15, -0.1) is 0 Å². The lowest BCUT2D eigenvalue weighted by Crippen LogP contribution is -2.11. The average molecular weight is 210 g/mol. The molecular weight excluding hydrogens is 198 g/mol. The van der Waals surface area contributed by atoms with Crippen molar-refractivity contribution in [2.45, 2.75) is 26.2 Å². The highest BCUT2D eigenvalue weighted by Gasteiger charge is 2.17. The van der Waals surface area contributed by atoms with Gasteiger partial charge in [0.05, 0.1) is 16.9 Å². The van der Waals surface area contributed by atoms with Crippen LogP contribution in [0.3, 0.4) is 0 Å². The smallest absolute Gasteiger partial charge is 0.234 e. The summed E-state index contributed by atoms with van der Waals surface area (Å²) in [5, 5.41) is 0.621. The topological polar surface area (TPSA) is 30.2 Å². The zero-order chi connectivity index (χ0) is 10.3. The Balaban J connectivity index is 2.63. The van der Waals surface area contributed by atoms with Crippen LogP contribution in [0.25, 0.3) is 5.78 Å². The number of rotatable bonds is 0. The summed E-state index contributed by atoms with van der Waals surface area (Å²) in [6, 6.07) is 0. The van der Waals surface area contributed by atoms with E-state index in [-0.39, 0.29) is 5.41 Å². The Morgan fingerprint density at radius 3 is 2.64 bits per heavy atom. The molecule has 0 N–H and O–H groups in total. The van der Waals surface area contributed by atoms with E-state index < -0.39 is 0 Å². The van der Waals surface area contributed by atoms with Crippen LogP contribution >= 0.6 is 11.6 Å². The largest absolute Gasteiger partial charge is 0.289 e. The van der Waals surface area contributed by atoms with E-state index >= 15 is 0 Å². The third kappa shape index (κ3) is 1.60. The highest BCUT2D eigenvalue weighted by molar-refractivity contribution is 6.30. The first kappa shape index (κ1) is 9.46. The molecule has 0 saturated carbocycles. The molecule has 0 aromatic carbocycles. The molecule has 0 aliphatic carbocycles. The minimum absolute atomic E-state index is 0.0418. The van der Waals surface area contributed by atoms with Crippen molar-refractivity contribution in [1.29, 1.82) is 0 Å². The van der Waals surface area contributed by atoms with E-state index in [9.17, 15) is 0 Å². The predicted octanol–water partition coefficient (Wildman–Crippen LogP) is 2.68. The second-order valence-corrected chi connectivity index (χ2v) is 4.79. The van der Waals surface area contributed by atoms with Gasteiger partial charge in [0.2, 0.25) is 5.78 Å². The lowest BCUT2D eigenvalue weighted by atomic mass is 9.93. The van der Waals surface area contributed by atoms with E-state index in [1.165, 1.54) is 0 Å². The molecule has 14 heavy (non-hydrogen) atoms. The second kappa shape index (κ2) is 2.95. The van der Waals surface area contributed by atoms with Crippen molar-refractivity contribution < 1.29 is 0 Å². The average Bonchev–Trinajstić information content (AvgIpc) is 2.45. The van der Waals surface area contributed by atoms with Gasteiger partial charge >= 0.3 is 0 Å². The zero-order valence-corrected chi connectivity index (χ0v) is 9.21. The van der Waals surface area contributed by atoms with Gasteiger partial charge in [-0.3, -0.25) is 4.40 Å². The molecule has 0 radical (unpaired) electrons. The number of hydrogen-bond donors (Lipinski definition) is 0. The maximum absolute atomic E-state index is 5.83. The van der Waals surface area contributed by atoms with Gasteiger partial charge in [-0.05, 0) is 0 Å². The minimum Gasteiger partial charge on any atom is -0.289 e. The molecule has 2 aromatic heterocycles. The maximum atomic E-state index is 5.83. The first-order valence-electron chi connectivity index (χ1n) is 4.47. The number of aromatic nitrogens is 3. The molecule has 3 nitrogen and oxygen atoms in total. The quantitative estimate of drug-likeness (QED) is 0.668. The third-order valence-corrected chi connectivity index (χ3v) is 2.24. The van der Waals surface area contributed by atoms with Crippen LogP contribution < -0.4 is 0 Å². The molecule has 0 fully saturated rings. The van der Waals surface area contributed by atoms with Crippen molar-refractivity contribution in [2.75, 3.05) is 0 Å². The maximum Gasteiger partial charge on any atom is 0.234 e. The molecule has 0 unspecified atom stereocenters. The van der Waals surface area contributed by atoms with Gasteiger partial charge in [0.25, 0.3) is 0 Å². The molecule has 0 amide bonds. The van der Waals surface area contributed by atoms with Crippen molar-refractivity contribution >= 4 is 17.4 Å². The van der Waals surface area contributed by atoms with Crippen LogP contribution in [-0.2, 0) is 5.41 Å². The Morgan fingerprint density at radius 2 is 2.00 bits per heavy atom. The molecule has 2 heterocycles. The monoisotopic (exact) mass is 209 g/mol. The number of hydrogen-bond acceptors (Lipinski definition) is 2. The van der Waals surface area contributed by atoms with Gasteiger partial charge < -0.3 is 0 Å². The molecule has 0 bridgehead atoms. The second-order valence-electron chi connectivity index (χ2n) is 4.36. The van der Waals surface area contributed by atoms with Gasteiger partial charge in [-0.2, -0.15) is 0 Å². The summed E-state index contributed by atoms with van der Waals surface area (Å²) < 4.78 is 1.85. The Bertz CT molecular complexity index is 468. The Labute approximate surface area is 87.8 Å². The normalized spacial score (nSPS) is 12.3. The highest BCUT2D eigenvalue weighted by Crippen LogP contribution is 2.21. The fourth-order valence-corrected chi connectivity index (χ4v) is 1.38. The predicted molar refractivity (Wildman–Crippen MR) is 56.7 cm³/mol. The van der Waals surface area contributed by atoms with Crippen molar-refractivity contribution in [3.05, 3.63) is 29.3 Å². The summed E-state index contributed by atoms with van der Waals surface area (Å²) >= 11 is 5.83. The van der Waals surface area contributed by atoms with E-state index in [0.717, 1.165) is 5.69 Å². The summed E-state index contributed by atoms with van der Waals surface area (Å²) in [6.07, 6.45) is 5.39.